The van der Waals surface area contributed by atoms with Gasteiger partial charge in [-0.2, -0.15) is 18.3 Å². The van der Waals surface area contributed by atoms with Crippen LogP contribution in [-0.4, -0.2) is 70.7 Å². The number of hydrogen-bond donors (Lipinski definition) is 3. The van der Waals surface area contributed by atoms with E-state index in [4.69, 9.17) is 17.0 Å². The van der Waals surface area contributed by atoms with E-state index in [2.05, 4.69) is 9.84 Å². The van der Waals surface area contributed by atoms with Crippen LogP contribution >= 0.6 is 11.6 Å². The van der Waals surface area contributed by atoms with E-state index in [1.807, 2.05) is 0 Å². The fourth-order valence-electron chi connectivity index (χ4n) is 2.12. The van der Waals surface area contributed by atoms with Gasteiger partial charge in [-0.05, 0) is 24.3 Å². The molecule has 0 spiro atoms. The van der Waals surface area contributed by atoms with E-state index >= 15 is 0 Å². The molecule has 0 bridgehead atoms. The van der Waals surface area contributed by atoms with Crippen LogP contribution in [0.15, 0.2) is 29.4 Å². The van der Waals surface area contributed by atoms with E-state index in [9.17, 15) is 23.4 Å². The highest BCUT2D eigenvalue weighted by atomic mass is 35.5. The molecule has 3 N–H and O–H groups in total. The molecule has 0 fully saturated rings. The van der Waals surface area contributed by atoms with Crippen molar-refractivity contribution in [2.45, 2.75) is 18.6 Å². The van der Waals surface area contributed by atoms with Crippen molar-refractivity contribution in [2.75, 3.05) is 20.2 Å². The van der Waals surface area contributed by atoms with Crippen LogP contribution in [0.1, 0.15) is 5.56 Å². The average Bonchev–Trinajstić information content (AvgIpc) is 2.84. The summed E-state index contributed by atoms with van der Waals surface area (Å²) in [5.41, 5.74) is 0.393. The second-order valence-corrected chi connectivity index (χ2v) is 5.65. The summed E-state index contributed by atoms with van der Waals surface area (Å²) in [5.74, 6) is -0.229. The summed E-state index contributed by atoms with van der Waals surface area (Å²) in [5, 5.41) is 32.6. The SMILES string of the molecule is COC(=N)CN1N=C(c2ccc(Cl)cc2)N(C[C@H](O)C(F)(F)F)C1O. The minimum absolute atomic E-state index is 0.0105. The number of hydrogen-bond acceptors (Lipinski definition) is 7. The van der Waals surface area contributed by atoms with Crippen molar-refractivity contribution < 1.29 is 28.1 Å². The first kappa shape index (κ1) is 19.3. The summed E-state index contributed by atoms with van der Waals surface area (Å²) in [6.45, 7) is -1.18. The van der Waals surface area contributed by atoms with Crippen LogP contribution in [0.3, 0.4) is 0 Å². The van der Waals surface area contributed by atoms with Crippen LogP contribution in [0.2, 0.25) is 5.02 Å². The summed E-state index contributed by atoms with van der Waals surface area (Å²) in [6, 6.07) is 6.08. The molecule has 0 aliphatic carbocycles. The summed E-state index contributed by atoms with van der Waals surface area (Å²) in [7, 11) is 1.25. The molecule has 1 aromatic rings. The molecule has 1 aliphatic rings. The van der Waals surface area contributed by atoms with Gasteiger partial charge < -0.3 is 19.8 Å². The fraction of sp³-hybridized carbons (Fsp3) is 0.429. The van der Waals surface area contributed by atoms with Crippen molar-refractivity contribution in [3.05, 3.63) is 34.9 Å². The first-order chi connectivity index (χ1) is 11.6. The highest BCUT2D eigenvalue weighted by molar-refractivity contribution is 6.30. The highest BCUT2D eigenvalue weighted by Crippen LogP contribution is 2.26. The first-order valence-electron chi connectivity index (χ1n) is 7.05. The number of ether oxygens (including phenoxy) is 1. The predicted octanol–water partition coefficient (Wildman–Crippen LogP) is 1.44. The molecule has 0 saturated carbocycles. The number of benzene rings is 1. The number of aliphatic hydroxyl groups is 2. The predicted molar refractivity (Wildman–Crippen MR) is 84.2 cm³/mol. The third kappa shape index (κ3) is 4.53. The molecule has 0 aromatic heterocycles. The summed E-state index contributed by atoms with van der Waals surface area (Å²) in [4.78, 5) is 0.893. The van der Waals surface area contributed by atoms with E-state index < -0.39 is 25.2 Å². The third-order valence-corrected chi connectivity index (χ3v) is 3.69. The van der Waals surface area contributed by atoms with Crippen LogP contribution in [0, 0.1) is 5.41 Å². The lowest BCUT2D eigenvalue weighted by atomic mass is 10.2. The van der Waals surface area contributed by atoms with Crippen LogP contribution < -0.4 is 0 Å². The number of hydrazone groups is 1. The van der Waals surface area contributed by atoms with Gasteiger partial charge in [-0.15, -0.1) is 0 Å². The van der Waals surface area contributed by atoms with Crippen LogP contribution in [0.25, 0.3) is 0 Å². The van der Waals surface area contributed by atoms with Gasteiger partial charge in [0.05, 0.1) is 13.7 Å². The topological polar surface area (TPSA) is 92.4 Å². The van der Waals surface area contributed by atoms with Gasteiger partial charge in [0.25, 0.3) is 0 Å². The van der Waals surface area contributed by atoms with Crippen molar-refractivity contribution in [2.24, 2.45) is 5.10 Å². The summed E-state index contributed by atoms with van der Waals surface area (Å²) >= 11 is 5.80. The zero-order chi connectivity index (χ0) is 18.8. The molecule has 1 heterocycles. The molecule has 2 atom stereocenters. The van der Waals surface area contributed by atoms with Gasteiger partial charge in [-0.25, -0.2) is 5.01 Å². The Morgan fingerprint density at radius 3 is 2.52 bits per heavy atom. The van der Waals surface area contributed by atoms with E-state index in [1.165, 1.54) is 31.4 Å². The lowest BCUT2D eigenvalue weighted by Gasteiger charge is -2.29. The lowest BCUT2D eigenvalue weighted by Crippen LogP contribution is -2.49. The molecule has 138 valence electrons. The number of nitrogens with one attached hydrogen (secondary N) is 1. The number of rotatable bonds is 5. The van der Waals surface area contributed by atoms with Gasteiger partial charge in [-0.3, -0.25) is 5.41 Å². The Kier molecular flexibility index (Phi) is 5.76. The number of aliphatic hydroxyl groups excluding tert-OH is 2. The van der Waals surface area contributed by atoms with Gasteiger partial charge in [-0.1, -0.05) is 11.6 Å². The number of β-amino-alcohol motifs (C(OH)–C–C–N with tert-alkyl or cyclic N) is 1. The molecule has 0 radical (unpaired) electrons. The zero-order valence-electron chi connectivity index (χ0n) is 13.0. The molecule has 25 heavy (non-hydrogen) atoms. The molecule has 0 saturated heterocycles. The van der Waals surface area contributed by atoms with Crippen molar-refractivity contribution in [1.29, 1.82) is 5.41 Å². The Hall–Kier alpha value is -2.04. The number of methoxy groups -OCH3 is 1. The Morgan fingerprint density at radius 2 is 2.00 bits per heavy atom. The van der Waals surface area contributed by atoms with Crippen LogP contribution in [0.4, 0.5) is 13.2 Å². The number of amidine groups is 1. The minimum atomic E-state index is -4.85. The maximum Gasteiger partial charge on any atom is 0.416 e. The maximum absolute atomic E-state index is 12.7. The fourth-order valence-corrected chi connectivity index (χ4v) is 2.25. The monoisotopic (exact) mass is 380 g/mol. The van der Waals surface area contributed by atoms with E-state index in [0.29, 0.717) is 10.6 Å². The van der Waals surface area contributed by atoms with Crippen LogP contribution in [-0.2, 0) is 4.74 Å². The van der Waals surface area contributed by atoms with Crippen molar-refractivity contribution >= 4 is 23.3 Å². The van der Waals surface area contributed by atoms with E-state index in [-0.39, 0.29) is 18.3 Å². The molecule has 0 amide bonds. The Labute approximate surface area is 146 Å². The number of halogens is 4. The summed E-state index contributed by atoms with van der Waals surface area (Å²) in [6.07, 6.45) is -9.13. The van der Waals surface area contributed by atoms with Crippen molar-refractivity contribution in [3.63, 3.8) is 0 Å². The molecule has 1 aromatic carbocycles. The average molecular weight is 381 g/mol. The van der Waals surface area contributed by atoms with E-state index in [0.717, 1.165) is 9.91 Å². The molecule has 11 heteroatoms. The minimum Gasteiger partial charge on any atom is -0.483 e. The molecule has 7 nitrogen and oxygen atoms in total. The van der Waals surface area contributed by atoms with Gasteiger partial charge in [0.15, 0.2) is 11.9 Å². The zero-order valence-corrected chi connectivity index (χ0v) is 13.8. The summed E-state index contributed by atoms with van der Waals surface area (Å²) < 4.78 is 42.8. The normalized spacial score (nSPS) is 19.0. The Bertz CT molecular complexity index is 654. The standard InChI is InChI=1S/C14H16ClF3N4O3/c1-25-11(19)7-22-13(24)21(6-10(23)14(16,17)18)12(20-22)8-2-4-9(15)5-3-8/h2-5,10,13,19,23-24H,6-7H2,1H3/t10-,13?/m0/s1. The molecule has 1 unspecified atom stereocenters. The van der Waals surface area contributed by atoms with Crippen LogP contribution in [0.5, 0.6) is 0 Å². The number of nitrogens with zero attached hydrogens (tertiary/aromatic N) is 3. The van der Waals surface area contributed by atoms with Gasteiger partial charge in [0.1, 0.15) is 6.54 Å². The first-order valence-corrected chi connectivity index (χ1v) is 7.43. The third-order valence-electron chi connectivity index (χ3n) is 3.44. The Balaban J connectivity index is 2.31. The second kappa shape index (κ2) is 7.46. The molecular formula is C14H16ClF3N4O3. The van der Waals surface area contributed by atoms with Gasteiger partial charge >= 0.3 is 6.18 Å². The maximum atomic E-state index is 12.7. The molecule has 2 rings (SSSR count). The smallest absolute Gasteiger partial charge is 0.416 e. The van der Waals surface area contributed by atoms with Gasteiger partial charge in [0.2, 0.25) is 12.2 Å². The van der Waals surface area contributed by atoms with Crippen molar-refractivity contribution in [1.82, 2.24) is 9.91 Å². The molecule has 1 aliphatic heterocycles. The van der Waals surface area contributed by atoms with E-state index in [1.54, 1.807) is 0 Å². The second-order valence-electron chi connectivity index (χ2n) is 5.21. The highest BCUT2D eigenvalue weighted by Gasteiger charge is 2.43. The quantitative estimate of drug-likeness (QED) is 0.531. The Morgan fingerprint density at radius 1 is 1.40 bits per heavy atom. The van der Waals surface area contributed by atoms with Gasteiger partial charge in [0, 0.05) is 10.6 Å². The molecular weight excluding hydrogens is 365 g/mol. The largest absolute Gasteiger partial charge is 0.483 e. The lowest BCUT2D eigenvalue weighted by molar-refractivity contribution is -0.211. The number of alkyl halides is 3. The van der Waals surface area contributed by atoms with Crippen molar-refractivity contribution in [3.8, 4) is 0 Å².